The van der Waals surface area contributed by atoms with Crippen molar-refractivity contribution in [3.05, 3.63) is 47.8 Å². The van der Waals surface area contributed by atoms with Gasteiger partial charge in [-0.1, -0.05) is 12.1 Å². The largest absolute Gasteiger partial charge is 0.497 e. The van der Waals surface area contributed by atoms with Crippen molar-refractivity contribution in [2.24, 2.45) is 5.92 Å². The number of fused-ring (bicyclic) bond motifs is 2. The molecule has 6 rings (SSSR count). The van der Waals surface area contributed by atoms with Gasteiger partial charge in [0.2, 0.25) is 0 Å². The number of hydrogen-bond donors (Lipinski definition) is 1. The summed E-state index contributed by atoms with van der Waals surface area (Å²) in [4.78, 5) is 17.9. The Balaban J connectivity index is 1.53. The number of hydrogen-bond acceptors (Lipinski definition) is 4. The Morgan fingerprint density at radius 2 is 2.08 bits per heavy atom. The molecular weight excluding hydrogens is 328 g/mol. The first kappa shape index (κ1) is 15.9. The van der Waals surface area contributed by atoms with Crippen LogP contribution in [-0.2, 0) is 0 Å². The number of aromatic nitrogens is 2. The zero-order valence-corrected chi connectivity index (χ0v) is 15.0. The smallest absolute Gasteiger partial charge is 0.272 e. The second-order valence-corrected chi connectivity index (χ2v) is 7.67. The van der Waals surface area contributed by atoms with Crippen molar-refractivity contribution in [1.29, 1.82) is 0 Å². The highest BCUT2D eigenvalue weighted by Gasteiger charge is 2.54. The molecule has 3 unspecified atom stereocenters. The summed E-state index contributed by atoms with van der Waals surface area (Å²) in [6, 6.07) is 10.8. The van der Waals surface area contributed by atoms with E-state index >= 15 is 0 Å². The maximum atomic E-state index is 13.2. The monoisotopic (exact) mass is 352 g/mol. The Hall–Kier alpha value is -2.34. The third-order valence-electron chi connectivity index (χ3n) is 6.51. The topological polar surface area (TPSA) is 61.5 Å². The van der Waals surface area contributed by atoms with E-state index in [1.54, 1.807) is 19.4 Å². The van der Waals surface area contributed by atoms with E-state index in [1.165, 1.54) is 18.4 Å². The fraction of sp³-hybridized carbons (Fsp3) is 0.500. The molecule has 26 heavy (non-hydrogen) atoms. The first-order valence-corrected chi connectivity index (χ1v) is 9.44. The fourth-order valence-corrected chi connectivity index (χ4v) is 5.35. The van der Waals surface area contributed by atoms with E-state index in [9.17, 15) is 4.79 Å². The summed E-state index contributed by atoms with van der Waals surface area (Å²) in [5.41, 5.74) is 1.86. The third-order valence-corrected chi connectivity index (χ3v) is 6.51. The van der Waals surface area contributed by atoms with Crippen LogP contribution in [0, 0.1) is 5.92 Å². The number of likely N-dealkylation sites (tertiary alicyclic amines) is 1. The lowest BCUT2D eigenvalue weighted by Gasteiger charge is -2.51. The maximum Gasteiger partial charge on any atom is 0.272 e. The van der Waals surface area contributed by atoms with Crippen LogP contribution < -0.4 is 4.74 Å². The average Bonchev–Trinajstić information content (AvgIpc) is 3.37. The number of rotatable bonds is 3. The minimum Gasteiger partial charge on any atom is -0.497 e. The summed E-state index contributed by atoms with van der Waals surface area (Å²) < 4.78 is 5.44. The highest BCUT2D eigenvalue weighted by molar-refractivity contribution is 5.92. The molecule has 1 aromatic carbocycles. The molecule has 1 aromatic heterocycles. The molecular formula is C20H24N4O2. The van der Waals surface area contributed by atoms with E-state index < -0.39 is 0 Å². The van der Waals surface area contributed by atoms with Gasteiger partial charge in [0.25, 0.3) is 5.91 Å². The summed E-state index contributed by atoms with van der Waals surface area (Å²) in [6.45, 7) is 3.06. The fourth-order valence-electron chi connectivity index (χ4n) is 5.35. The summed E-state index contributed by atoms with van der Waals surface area (Å²) >= 11 is 0. The summed E-state index contributed by atoms with van der Waals surface area (Å²) in [5, 5.41) is 6.82. The van der Waals surface area contributed by atoms with Gasteiger partial charge in [0.05, 0.1) is 13.2 Å². The molecule has 2 aromatic rings. The van der Waals surface area contributed by atoms with Gasteiger partial charge in [-0.15, -0.1) is 0 Å². The van der Waals surface area contributed by atoms with Gasteiger partial charge in [0.1, 0.15) is 11.4 Å². The molecule has 1 amide bonds. The van der Waals surface area contributed by atoms with Crippen molar-refractivity contribution >= 4 is 5.91 Å². The molecule has 4 fully saturated rings. The summed E-state index contributed by atoms with van der Waals surface area (Å²) in [5.74, 6) is 1.89. The van der Waals surface area contributed by atoms with Crippen LogP contribution in [0.5, 0.6) is 5.75 Å². The van der Waals surface area contributed by atoms with Gasteiger partial charge in [-0.05, 0) is 55.6 Å². The molecule has 0 spiro atoms. The van der Waals surface area contributed by atoms with E-state index in [1.807, 2.05) is 6.07 Å². The predicted octanol–water partition coefficient (Wildman–Crippen LogP) is 2.12. The molecule has 0 radical (unpaired) electrons. The number of nitrogens with zero attached hydrogens (tertiary/aromatic N) is 3. The highest BCUT2D eigenvalue weighted by atomic mass is 16.5. The standard InChI is InChI=1S/C20H24N4O2/c1-26-15-4-2-3-14(11-15)16-12-24(20(25)17-5-8-21-22-17)18-13-6-9-23(10-7-13)19(16)18/h2-5,8,11,13,16,18-19H,6-7,9-10,12H2,1H3,(H,21,22). The number of methoxy groups -OCH3 is 1. The van der Waals surface area contributed by atoms with Crippen LogP contribution in [0.15, 0.2) is 36.5 Å². The van der Waals surface area contributed by atoms with Crippen LogP contribution in [0.25, 0.3) is 0 Å². The molecule has 0 aliphatic carbocycles. The van der Waals surface area contributed by atoms with Crippen molar-refractivity contribution in [1.82, 2.24) is 20.0 Å². The summed E-state index contributed by atoms with van der Waals surface area (Å²) in [7, 11) is 1.71. The molecule has 4 aliphatic heterocycles. The zero-order chi connectivity index (χ0) is 17.7. The van der Waals surface area contributed by atoms with E-state index in [4.69, 9.17) is 4.74 Å². The number of ether oxygens (including phenoxy) is 1. The Kier molecular flexibility index (Phi) is 3.74. The van der Waals surface area contributed by atoms with Crippen LogP contribution in [-0.4, -0.2) is 64.7 Å². The molecule has 4 saturated heterocycles. The van der Waals surface area contributed by atoms with E-state index in [0.29, 0.717) is 29.6 Å². The normalized spacial score (nSPS) is 32.5. The van der Waals surface area contributed by atoms with Gasteiger partial charge in [-0.3, -0.25) is 14.8 Å². The molecule has 136 valence electrons. The number of carbonyl (C=O) groups excluding carboxylic acids is 1. The molecule has 0 saturated carbocycles. The maximum absolute atomic E-state index is 13.2. The SMILES string of the molecule is COc1cccc(C2CN(C(=O)c3ccn[nH]3)C3C4CCN(CC4)C23)c1. The van der Waals surface area contributed by atoms with Crippen LogP contribution in [0.1, 0.15) is 34.8 Å². The van der Waals surface area contributed by atoms with Crippen molar-refractivity contribution in [2.45, 2.75) is 30.8 Å². The van der Waals surface area contributed by atoms with Crippen LogP contribution in [0.2, 0.25) is 0 Å². The van der Waals surface area contributed by atoms with Gasteiger partial charge in [0, 0.05) is 24.7 Å². The molecule has 5 heterocycles. The number of amides is 1. The van der Waals surface area contributed by atoms with Crippen molar-refractivity contribution < 1.29 is 9.53 Å². The second-order valence-electron chi connectivity index (χ2n) is 7.67. The lowest BCUT2D eigenvalue weighted by atomic mass is 9.75. The zero-order valence-electron chi connectivity index (χ0n) is 15.0. The highest BCUT2D eigenvalue weighted by Crippen LogP contribution is 2.47. The molecule has 6 heteroatoms. The number of nitrogens with one attached hydrogen (secondary N) is 1. The molecule has 4 aliphatic rings. The molecule has 1 N–H and O–H groups in total. The lowest BCUT2D eigenvalue weighted by Crippen LogP contribution is -2.60. The molecule has 3 atom stereocenters. The minimum atomic E-state index is 0.0802. The van der Waals surface area contributed by atoms with Crippen molar-refractivity contribution in [3.8, 4) is 5.75 Å². The van der Waals surface area contributed by atoms with Crippen LogP contribution in [0.4, 0.5) is 0 Å². The van der Waals surface area contributed by atoms with Gasteiger partial charge >= 0.3 is 0 Å². The quantitative estimate of drug-likeness (QED) is 0.919. The number of H-pyrrole nitrogens is 1. The number of carbonyl (C=O) groups is 1. The Labute approximate surface area is 153 Å². The van der Waals surface area contributed by atoms with Gasteiger partial charge < -0.3 is 9.64 Å². The van der Waals surface area contributed by atoms with Crippen LogP contribution >= 0.6 is 0 Å². The summed E-state index contributed by atoms with van der Waals surface area (Å²) in [6.07, 6.45) is 4.04. The predicted molar refractivity (Wildman–Crippen MR) is 97.2 cm³/mol. The van der Waals surface area contributed by atoms with Gasteiger partial charge in [-0.25, -0.2) is 0 Å². The van der Waals surface area contributed by atoms with Crippen molar-refractivity contribution in [3.63, 3.8) is 0 Å². The Bertz CT molecular complexity index is 798. The Morgan fingerprint density at radius 1 is 1.23 bits per heavy atom. The molecule has 2 bridgehead atoms. The number of benzene rings is 1. The van der Waals surface area contributed by atoms with E-state index in [2.05, 4.69) is 38.2 Å². The van der Waals surface area contributed by atoms with Crippen molar-refractivity contribution in [2.75, 3.05) is 26.7 Å². The van der Waals surface area contributed by atoms with Crippen LogP contribution in [0.3, 0.4) is 0 Å². The average molecular weight is 352 g/mol. The second kappa shape index (κ2) is 6.13. The van der Waals surface area contributed by atoms with Gasteiger partial charge in [-0.2, -0.15) is 5.10 Å². The minimum absolute atomic E-state index is 0.0802. The number of piperidine rings is 3. The first-order chi connectivity index (χ1) is 12.8. The molecule has 6 nitrogen and oxygen atoms in total. The van der Waals surface area contributed by atoms with E-state index in [0.717, 1.165) is 25.4 Å². The van der Waals surface area contributed by atoms with E-state index in [-0.39, 0.29) is 5.91 Å². The lowest BCUT2D eigenvalue weighted by molar-refractivity contribution is -0.00359. The Morgan fingerprint density at radius 3 is 2.81 bits per heavy atom. The third kappa shape index (κ3) is 2.35. The van der Waals surface area contributed by atoms with Gasteiger partial charge in [0.15, 0.2) is 0 Å². The first-order valence-electron chi connectivity index (χ1n) is 9.44. The number of aromatic amines is 1.